The van der Waals surface area contributed by atoms with Gasteiger partial charge in [0.25, 0.3) is 0 Å². The minimum atomic E-state index is -0.275. The van der Waals surface area contributed by atoms with E-state index < -0.39 is 0 Å². The largest absolute Gasteiger partial charge is 0.497 e. The van der Waals surface area contributed by atoms with E-state index in [-0.39, 0.29) is 17.3 Å². The quantitative estimate of drug-likeness (QED) is 0.672. The lowest BCUT2D eigenvalue weighted by Crippen LogP contribution is -2.26. The predicted molar refractivity (Wildman–Crippen MR) is 115 cm³/mol. The summed E-state index contributed by atoms with van der Waals surface area (Å²) in [6.45, 7) is 5.21. The number of amides is 1. The zero-order valence-corrected chi connectivity index (χ0v) is 17.4. The molecule has 0 atom stereocenters. The molecule has 3 aromatic rings. The minimum Gasteiger partial charge on any atom is -0.497 e. The number of halogens is 1. The maximum Gasteiger partial charge on any atom is 0.228 e. The van der Waals surface area contributed by atoms with E-state index >= 15 is 0 Å². The highest BCUT2D eigenvalue weighted by Crippen LogP contribution is 2.29. The van der Waals surface area contributed by atoms with Crippen LogP contribution in [0, 0.1) is 12.8 Å². The fraction of sp³-hybridized carbons (Fsp3) is 0.227. The van der Waals surface area contributed by atoms with Gasteiger partial charge < -0.3 is 10.1 Å². The van der Waals surface area contributed by atoms with E-state index in [1.165, 1.54) is 0 Å². The molecule has 150 valence electrons. The molecular formula is C22H22ClN3O3. The van der Waals surface area contributed by atoms with E-state index in [0.29, 0.717) is 39.1 Å². The van der Waals surface area contributed by atoms with Crippen molar-refractivity contribution in [3.63, 3.8) is 0 Å². The van der Waals surface area contributed by atoms with Gasteiger partial charge in [-0.1, -0.05) is 43.6 Å². The molecule has 7 heteroatoms. The molecular weight excluding hydrogens is 390 g/mol. The smallest absolute Gasteiger partial charge is 0.228 e. The molecule has 0 saturated heterocycles. The third kappa shape index (κ3) is 4.32. The van der Waals surface area contributed by atoms with Gasteiger partial charge in [0.15, 0.2) is 0 Å². The van der Waals surface area contributed by atoms with Crippen molar-refractivity contribution in [2.75, 3.05) is 12.4 Å². The van der Waals surface area contributed by atoms with Crippen molar-refractivity contribution in [3.8, 4) is 22.6 Å². The van der Waals surface area contributed by atoms with Crippen LogP contribution in [0.5, 0.6) is 5.75 Å². The van der Waals surface area contributed by atoms with E-state index in [4.69, 9.17) is 16.3 Å². The Balaban J connectivity index is 2.32. The lowest BCUT2D eigenvalue weighted by molar-refractivity contribution is -0.118. The Morgan fingerprint density at radius 2 is 1.86 bits per heavy atom. The van der Waals surface area contributed by atoms with E-state index in [2.05, 4.69) is 10.4 Å². The first kappa shape index (κ1) is 20.6. The van der Waals surface area contributed by atoms with Crippen LogP contribution in [0.3, 0.4) is 0 Å². The molecule has 1 aromatic heterocycles. The minimum absolute atomic E-state index is 0.222. The number of benzene rings is 2. The second kappa shape index (κ2) is 8.49. The molecule has 0 bridgehead atoms. The van der Waals surface area contributed by atoms with Crippen LogP contribution in [0.2, 0.25) is 5.02 Å². The standard InChI is InChI=1S/C22H22ClN3O3/c1-13(2)22(28)24-21-19(15-8-10-18(29-4)11-9-15)20(27)14(3)25-26(21)17-7-5-6-16(23)12-17/h5-13H,1-4H3,(H,24,28). The van der Waals surface area contributed by atoms with Gasteiger partial charge in [0.1, 0.15) is 17.3 Å². The molecule has 0 aliphatic heterocycles. The lowest BCUT2D eigenvalue weighted by atomic mass is 10.0. The van der Waals surface area contributed by atoms with Crippen LogP contribution >= 0.6 is 11.6 Å². The second-order valence-corrected chi connectivity index (χ2v) is 7.34. The number of nitrogens with one attached hydrogen (secondary N) is 1. The van der Waals surface area contributed by atoms with E-state index in [9.17, 15) is 9.59 Å². The SMILES string of the molecule is COc1ccc(-c2c(NC(=O)C(C)C)n(-c3cccc(Cl)c3)nc(C)c2=O)cc1. The number of hydrogen-bond donors (Lipinski definition) is 1. The van der Waals surface area contributed by atoms with Crippen LogP contribution in [0.4, 0.5) is 5.82 Å². The summed E-state index contributed by atoms with van der Waals surface area (Å²) in [6, 6.07) is 14.2. The van der Waals surface area contributed by atoms with Crippen LogP contribution in [0.15, 0.2) is 53.3 Å². The molecule has 29 heavy (non-hydrogen) atoms. The third-order valence-electron chi connectivity index (χ3n) is 4.45. The van der Waals surface area contributed by atoms with Crippen molar-refractivity contribution in [3.05, 3.63) is 69.5 Å². The molecule has 1 amide bonds. The first-order chi connectivity index (χ1) is 13.8. The molecule has 0 spiro atoms. The molecule has 0 aliphatic rings. The molecule has 0 fully saturated rings. The monoisotopic (exact) mass is 411 g/mol. The first-order valence-electron chi connectivity index (χ1n) is 9.17. The van der Waals surface area contributed by atoms with Crippen molar-refractivity contribution in [2.45, 2.75) is 20.8 Å². The Bertz CT molecular complexity index is 1110. The summed E-state index contributed by atoms with van der Waals surface area (Å²) in [7, 11) is 1.58. The normalized spacial score (nSPS) is 10.8. The van der Waals surface area contributed by atoms with Crippen molar-refractivity contribution in [2.24, 2.45) is 5.92 Å². The number of nitrogens with zero attached hydrogens (tertiary/aromatic N) is 2. The van der Waals surface area contributed by atoms with Gasteiger partial charge in [-0.25, -0.2) is 4.68 Å². The Morgan fingerprint density at radius 1 is 1.17 bits per heavy atom. The van der Waals surface area contributed by atoms with E-state index in [0.717, 1.165) is 0 Å². The Hall–Kier alpha value is -3.12. The van der Waals surface area contributed by atoms with Gasteiger partial charge in [-0.2, -0.15) is 5.10 Å². The maximum atomic E-state index is 13.1. The predicted octanol–water partition coefficient (Wildman–Crippen LogP) is 4.46. The number of methoxy groups -OCH3 is 1. The molecule has 2 aromatic carbocycles. The highest BCUT2D eigenvalue weighted by molar-refractivity contribution is 6.30. The van der Waals surface area contributed by atoms with Gasteiger partial charge >= 0.3 is 0 Å². The molecule has 0 unspecified atom stereocenters. The van der Waals surface area contributed by atoms with Crippen LogP contribution in [-0.4, -0.2) is 22.8 Å². The van der Waals surface area contributed by atoms with Crippen molar-refractivity contribution in [1.82, 2.24) is 9.78 Å². The average Bonchev–Trinajstić information content (AvgIpc) is 2.70. The number of anilines is 1. The van der Waals surface area contributed by atoms with Gasteiger partial charge in [0.05, 0.1) is 18.4 Å². The molecule has 0 radical (unpaired) electrons. The summed E-state index contributed by atoms with van der Waals surface area (Å²) in [5.74, 6) is 0.470. The van der Waals surface area contributed by atoms with Crippen LogP contribution in [0.1, 0.15) is 19.5 Å². The van der Waals surface area contributed by atoms with Gasteiger partial charge in [0, 0.05) is 10.9 Å². The first-order valence-corrected chi connectivity index (χ1v) is 9.54. The Kier molecular flexibility index (Phi) is 6.03. The topological polar surface area (TPSA) is 73.2 Å². The summed E-state index contributed by atoms with van der Waals surface area (Å²) in [4.78, 5) is 25.6. The highest BCUT2D eigenvalue weighted by Gasteiger charge is 2.21. The number of hydrogen-bond acceptors (Lipinski definition) is 4. The molecule has 1 N–H and O–H groups in total. The number of aryl methyl sites for hydroxylation is 1. The summed E-state index contributed by atoms with van der Waals surface area (Å²) < 4.78 is 6.76. The number of carbonyl (C=O) groups excluding carboxylic acids is 1. The van der Waals surface area contributed by atoms with Crippen molar-refractivity contribution < 1.29 is 9.53 Å². The summed E-state index contributed by atoms with van der Waals surface area (Å²) in [6.07, 6.45) is 0. The average molecular weight is 412 g/mol. The van der Waals surface area contributed by atoms with Gasteiger partial charge in [0.2, 0.25) is 11.3 Å². The van der Waals surface area contributed by atoms with E-state index in [1.807, 2.05) is 6.07 Å². The number of aromatic nitrogens is 2. The zero-order valence-electron chi connectivity index (χ0n) is 16.7. The van der Waals surface area contributed by atoms with Crippen LogP contribution < -0.4 is 15.5 Å². The number of rotatable bonds is 5. The highest BCUT2D eigenvalue weighted by atomic mass is 35.5. The molecule has 0 saturated carbocycles. The van der Waals surface area contributed by atoms with E-state index in [1.54, 1.807) is 75.0 Å². The van der Waals surface area contributed by atoms with Gasteiger partial charge in [-0.3, -0.25) is 9.59 Å². The van der Waals surface area contributed by atoms with Crippen LogP contribution in [0.25, 0.3) is 16.8 Å². The van der Waals surface area contributed by atoms with Crippen LogP contribution in [-0.2, 0) is 4.79 Å². The lowest BCUT2D eigenvalue weighted by Gasteiger charge is -2.19. The molecule has 3 rings (SSSR count). The second-order valence-electron chi connectivity index (χ2n) is 6.90. The third-order valence-corrected chi connectivity index (χ3v) is 4.69. The maximum absolute atomic E-state index is 13.1. The zero-order chi connectivity index (χ0) is 21.1. The van der Waals surface area contributed by atoms with Gasteiger partial charge in [-0.05, 0) is 42.8 Å². The summed E-state index contributed by atoms with van der Waals surface area (Å²) in [5, 5.41) is 7.82. The molecule has 0 aliphatic carbocycles. The number of ether oxygens (including phenoxy) is 1. The molecule has 1 heterocycles. The Morgan fingerprint density at radius 3 is 2.45 bits per heavy atom. The summed E-state index contributed by atoms with van der Waals surface area (Å²) >= 11 is 6.16. The Labute approximate surface area is 174 Å². The molecule has 6 nitrogen and oxygen atoms in total. The summed E-state index contributed by atoms with van der Waals surface area (Å²) in [5.41, 5.74) is 1.69. The van der Waals surface area contributed by atoms with Crippen molar-refractivity contribution >= 4 is 23.3 Å². The number of carbonyl (C=O) groups is 1. The van der Waals surface area contributed by atoms with Crippen molar-refractivity contribution in [1.29, 1.82) is 0 Å². The fourth-order valence-electron chi connectivity index (χ4n) is 2.84. The fourth-order valence-corrected chi connectivity index (χ4v) is 3.02. The van der Waals surface area contributed by atoms with Gasteiger partial charge in [-0.15, -0.1) is 0 Å².